The summed E-state index contributed by atoms with van der Waals surface area (Å²) in [6.07, 6.45) is 17.4. The second-order valence-corrected chi connectivity index (χ2v) is 15.3. The molecule has 1 aliphatic carbocycles. The Bertz CT molecular complexity index is 1140. The molecule has 1 atom stereocenters. The highest BCUT2D eigenvalue weighted by molar-refractivity contribution is 8.35. The third-order valence-corrected chi connectivity index (χ3v) is 8.67. The number of hydrogen-bond donors (Lipinski definition) is 1. The van der Waals surface area contributed by atoms with Crippen molar-refractivity contribution in [1.29, 1.82) is 0 Å². The van der Waals surface area contributed by atoms with Gasteiger partial charge >= 0.3 is 0 Å². The zero-order valence-corrected chi connectivity index (χ0v) is 24.9. The van der Waals surface area contributed by atoms with Crippen LogP contribution in [0, 0.1) is 5.92 Å². The van der Waals surface area contributed by atoms with Crippen LogP contribution < -0.4 is 15.8 Å². The van der Waals surface area contributed by atoms with Crippen molar-refractivity contribution in [2.75, 3.05) is 25.4 Å². The molecule has 1 heterocycles. The van der Waals surface area contributed by atoms with Gasteiger partial charge in [0.05, 0.1) is 18.0 Å². The van der Waals surface area contributed by atoms with Gasteiger partial charge in [0.1, 0.15) is 5.75 Å². The van der Waals surface area contributed by atoms with Crippen LogP contribution >= 0.6 is 19.3 Å². The summed E-state index contributed by atoms with van der Waals surface area (Å²) in [7, 11) is 1.85. The maximum Gasteiger partial charge on any atom is 0.127 e. The van der Waals surface area contributed by atoms with Crippen LogP contribution in [0.5, 0.6) is 5.75 Å². The third-order valence-electron chi connectivity index (χ3n) is 6.40. The van der Waals surface area contributed by atoms with E-state index < -0.39 is 10.0 Å². The van der Waals surface area contributed by atoms with Crippen molar-refractivity contribution in [3.8, 4) is 5.75 Å². The zero-order chi connectivity index (χ0) is 26.3. The highest BCUT2D eigenvalue weighted by Crippen LogP contribution is 2.49. The largest absolute Gasteiger partial charge is 0.493 e. The number of nitrogens with zero attached hydrogens (tertiary/aromatic N) is 2. The van der Waals surface area contributed by atoms with Gasteiger partial charge in [-0.1, -0.05) is 38.8 Å². The Kier molecular flexibility index (Phi) is 10.2. The van der Waals surface area contributed by atoms with Crippen LogP contribution in [0.2, 0.25) is 0 Å². The Morgan fingerprint density at radius 2 is 1.92 bits per heavy atom. The summed E-state index contributed by atoms with van der Waals surface area (Å²) in [4.78, 5) is 11.1. The van der Waals surface area contributed by atoms with E-state index in [1.54, 1.807) is 0 Å². The molecule has 1 fully saturated rings. The summed E-state index contributed by atoms with van der Waals surface area (Å²) in [5.74, 6) is 1.60. The number of unbranched alkanes of at least 4 members (excludes halogenated alkanes) is 1. The summed E-state index contributed by atoms with van der Waals surface area (Å²) in [5, 5.41) is 1.11. The van der Waals surface area contributed by atoms with Gasteiger partial charge in [0.2, 0.25) is 0 Å². The van der Waals surface area contributed by atoms with E-state index in [-0.39, 0.29) is 0 Å². The number of hydrogen-bond acceptors (Lipinski definition) is 4. The molecule has 4 nitrogen and oxygen atoms in total. The van der Waals surface area contributed by atoms with E-state index >= 15 is 0 Å². The Morgan fingerprint density at radius 3 is 2.56 bits per heavy atom. The van der Waals surface area contributed by atoms with Crippen LogP contribution in [0.25, 0.3) is 17.0 Å². The highest BCUT2D eigenvalue weighted by atomic mass is 32.3. The molecule has 3 rings (SSSR count). The van der Waals surface area contributed by atoms with E-state index in [2.05, 4.69) is 73.0 Å². The fourth-order valence-corrected chi connectivity index (χ4v) is 5.96. The molecule has 0 aliphatic heterocycles. The van der Waals surface area contributed by atoms with Gasteiger partial charge in [-0.05, 0) is 91.3 Å². The molecule has 1 saturated carbocycles. The molecule has 36 heavy (non-hydrogen) atoms. The van der Waals surface area contributed by atoms with Crippen LogP contribution in [0.15, 0.2) is 46.4 Å². The first-order valence-corrected chi connectivity index (χ1v) is 16.5. The fraction of sp³-hybridized carbons (Fsp3) is 0.467. The number of rotatable bonds is 12. The standard InChI is InChI=1S/C30H44N3OPS/c1-7-9-16-33-30(21(3)25-14-13-24(35)19-27(25)34-20-22-11-12-22)26-18-23(15-17-32-26)29(31)28(10-8-2)36(4,5)6/h13-19,22H,7-12,20,31,35H2,1-6H3/b29-28+,30-21+,33-16?. The number of nitrogens with two attached hydrogens (primary N) is 1. The number of pyridine rings is 1. The monoisotopic (exact) mass is 525 g/mol. The van der Waals surface area contributed by atoms with Crippen molar-refractivity contribution in [1.82, 2.24) is 4.98 Å². The summed E-state index contributed by atoms with van der Waals surface area (Å²) >= 11 is 0. The van der Waals surface area contributed by atoms with Gasteiger partial charge in [0, 0.05) is 29.2 Å². The molecule has 0 radical (unpaired) electrons. The molecule has 0 saturated heterocycles. The molecule has 1 unspecified atom stereocenters. The summed E-state index contributed by atoms with van der Waals surface area (Å²) in [6.45, 7) is 7.27. The van der Waals surface area contributed by atoms with E-state index in [4.69, 9.17) is 20.4 Å². The lowest BCUT2D eigenvalue weighted by atomic mass is 10.0. The summed E-state index contributed by atoms with van der Waals surface area (Å²) in [5.41, 5.74) is 12.5. The first kappa shape index (κ1) is 28.5. The Morgan fingerprint density at radius 1 is 1.17 bits per heavy atom. The zero-order valence-electron chi connectivity index (χ0n) is 22.9. The van der Waals surface area contributed by atoms with Gasteiger partial charge in [-0.2, -0.15) is 0 Å². The molecule has 0 amide bonds. The van der Waals surface area contributed by atoms with Crippen molar-refractivity contribution in [2.24, 2.45) is 16.6 Å². The summed E-state index contributed by atoms with van der Waals surface area (Å²) < 4.78 is 6.29. The Hall–Kier alpha value is -2.10. The van der Waals surface area contributed by atoms with Crippen molar-refractivity contribution < 1.29 is 4.74 Å². The summed E-state index contributed by atoms with van der Waals surface area (Å²) in [6, 6.07) is 10.5. The van der Waals surface area contributed by atoms with E-state index in [0.717, 1.165) is 77.1 Å². The quantitative estimate of drug-likeness (QED) is 0.234. The van der Waals surface area contributed by atoms with E-state index in [1.165, 1.54) is 17.7 Å². The number of aliphatic imine (C=N–C) groups is 1. The Balaban J connectivity index is 2.13. The minimum atomic E-state index is -0.928. The lowest BCUT2D eigenvalue weighted by molar-refractivity contribution is 0.299. The van der Waals surface area contributed by atoms with E-state index in [9.17, 15) is 0 Å². The Labute approximate surface area is 222 Å². The van der Waals surface area contributed by atoms with Crippen LogP contribution in [0.4, 0.5) is 0 Å². The topological polar surface area (TPSA) is 60.5 Å². The molecular weight excluding hydrogens is 481 g/mol. The minimum absolute atomic E-state index is 0.688. The number of benzene rings is 1. The van der Waals surface area contributed by atoms with Crippen LogP contribution in [0.1, 0.15) is 76.1 Å². The normalized spacial score (nSPS) is 16.1. The lowest BCUT2D eigenvalue weighted by Crippen LogP contribution is -2.08. The van der Waals surface area contributed by atoms with Gasteiger partial charge in [-0.25, -0.2) is 10.0 Å². The van der Waals surface area contributed by atoms with Crippen molar-refractivity contribution in [3.05, 3.63) is 58.3 Å². The average molecular weight is 526 g/mol. The highest BCUT2D eigenvalue weighted by Gasteiger charge is 2.23. The van der Waals surface area contributed by atoms with Crippen LogP contribution in [0.3, 0.4) is 0 Å². The SMILES string of the molecule is CCCC=N/C(=C(\C)c1ccc(P)cc1OCC1CC1)c1cc(/C(N)=C(/CCC)S(C)(C)C)ccn1. The molecule has 2 aromatic rings. The predicted molar refractivity (Wildman–Crippen MR) is 166 cm³/mol. The van der Waals surface area contributed by atoms with Crippen molar-refractivity contribution in [2.45, 2.75) is 59.3 Å². The van der Waals surface area contributed by atoms with Gasteiger partial charge in [-0.15, -0.1) is 9.24 Å². The molecule has 1 aromatic carbocycles. The van der Waals surface area contributed by atoms with Gasteiger partial charge in [-0.3, -0.25) is 9.98 Å². The fourth-order valence-electron chi connectivity index (χ4n) is 4.11. The van der Waals surface area contributed by atoms with Gasteiger partial charge in [0.15, 0.2) is 0 Å². The molecule has 0 bridgehead atoms. The molecular formula is C30H44N3OPS. The number of aromatic nitrogens is 1. The molecule has 1 aromatic heterocycles. The minimum Gasteiger partial charge on any atom is -0.493 e. The smallest absolute Gasteiger partial charge is 0.127 e. The lowest BCUT2D eigenvalue weighted by Gasteiger charge is -2.31. The molecule has 196 valence electrons. The van der Waals surface area contributed by atoms with Crippen LogP contribution in [-0.4, -0.2) is 36.6 Å². The first-order valence-electron chi connectivity index (χ1n) is 13.1. The van der Waals surface area contributed by atoms with E-state index in [0.29, 0.717) is 5.92 Å². The maximum absolute atomic E-state index is 6.80. The second-order valence-electron chi connectivity index (χ2n) is 10.4. The molecule has 6 heteroatoms. The maximum atomic E-state index is 6.80. The van der Waals surface area contributed by atoms with Crippen molar-refractivity contribution in [3.63, 3.8) is 0 Å². The molecule has 1 aliphatic rings. The van der Waals surface area contributed by atoms with E-state index in [1.807, 2.05) is 18.5 Å². The second kappa shape index (κ2) is 12.9. The first-order chi connectivity index (χ1) is 17.2. The van der Waals surface area contributed by atoms with Gasteiger partial charge < -0.3 is 10.5 Å². The van der Waals surface area contributed by atoms with Crippen LogP contribution in [-0.2, 0) is 0 Å². The van der Waals surface area contributed by atoms with Gasteiger partial charge in [0.25, 0.3) is 0 Å². The third kappa shape index (κ3) is 7.70. The molecule has 0 spiro atoms. The molecule has 2 N–H and O–H groups in total. The van der Waals surface area contributed by atoms with Crippen molar-refractivity contribution >= 4 is 47.8 Å². The average Bonchev–Trinajstić information content (AvgIpc) is 3.67. The number of ether oxygens (including phenoxy) is 1. The predicted octanol–water partition coefficient (Wildman–Crippen LogP) is 7.25. The number of allylic oxidation sites excluding steroid dienone is 2.